The van der Waals surface area contributed by atoms with E-state index in [1.54, 1.807) is 11.3 Å². The quantitative estimate of drug-likeness (QED) is 0.727. The van der Waals surface area contributed by atoms with Crippen molar-refractivity contribution in [1.29, 1.82) is 0 Å². The Kier molecular flexibility index (Phi) is 3.70. The monoisotopic (exact) mass is 281 g/mol. The summed E-state index contributed by atoms with van der Waals surface area (Å²) in [6.45, 7) is 7.13. The summed E-state index contributed by atoms with van der Waals surface area (Å²) in [6.07, 6.45) is 0.501. The van der Waals surface area contributed by atoms with E-state index in [1.165, 1.54) is 4.88 Å². The van der Waals surface area contributed by atoms with Crippen LogP contribution >= 0.6 is 22.9 Å². The summed E-state index contributed by atoms with van der Waals surface area (Å²) in [5, 5.41) is 2.78. The van der Waals surface area contributed by atoms with Crippen molar-refractivity contribution < 1.29 is 4.79 Å². The molecular formula is C14H16ClNOS. The average Bonchev–Trinajstić information content (AvgIpc) is 2.81. The fourth-order valence-electron chi connectivity index (χ4n) is 1.71. The maximum atomic E-state index is 11.1. The van der Waals surface area contributed by atoms with Crippen molar-refractivity contribution in [2.75, 3.05) is 6.54 Å². The summed E-state index contributed by atoms with van der Waals surface area (Å²) in [5.74, 6) is 6.43. The number of hydrogen-bond acceptors (Lipinski definition) is 2. The molecular weight excluding hydrogens is 266 g/mol. The number of halogens is 1. The smallest absolute Gasteiger partial charge is 0.221 e. The largest absolute Gasteiger partial charge is 0.355 e. The van der Waals surface area contributed by atoms with Gasteiger partial charge in [-0.3, -0.25) is 4.79 Å². The van der Waals surface area contributed by atoms with E-state index in [9.17, 15) is 4.79 Å². The topological polar surface area (TPSA) is 29.1 Å². The summed E-state index contributed by atoms with van der Waals surface area (Å²) in [4.78, 5) is 12.3. The fraction of sp³-hybridized carbons (Fsp3) is 0.500. The van der Waals surface area contributed by atoms with E-state index in [-0.39, 0.29) is 17.2 Å². The second kappa shape index (κ2) is 4.95. The van der Waals surface area contributed by atoms with Gasteiger partial charge in [-0.15, -0.1) is 11.3 Å². The molecule has 0 aromatic carbocycles. The number of hydrogen-bond donors (Lipinski definition) is 1. The minimum atomic E-state index is 0.0843. The lowest BCUT2D eigenvalue weighted by molar-refractivity contribution is -0.119. The summed E-state index contributed by atoms with van der Waals surface area (Å²) in [6, 6.07) is 2.06. The molecule has 1 aromatic rings. The van der Waals surface area contributed by atoms with Crippen LogP contribution in [0.5, 0.6) is 0 Å². The Hall–Kier alpha value is -0.980. The van der Waals surface area contributed by atoms with Gasteiger partial charge in [0.05, 0.1) is 5.56 Å². The van der Waals surface area contributed by atoms with E-state index in [0.717, 1.165) is 9.90 Å². The van der Waals surface area contributed by atoms with Crippen molar-refractivity contribution in [3.63, 3.8) is 0 Å². The molecule has 1 aliphatic heterocycles. The third-order valence-electron chi connectivity index (χ3n) is 2.81. The van der Waals surface area contributed by atoms with Crippen LogP contribution in [0.15, 0.2) is 6.07 Å². The Morgan fingerprint density at radius 2 is 2.22 bits per heavy atom. The standard InChI is InChI=1S/C14H16ClNOS/c1-14(2,3)11-7-10(13(15)18-11)5-4-9-6-12(17)16-8-9/h7,9H,6,8H2,1-3H3,(H,16,17). The molecule has 0 saturated carbocycles. The molecule has 18 heavy (non-hydrogen) atoms. The van der Waals surface area contributed by atoms with E-state index in [4.69, 9.17) is 11.6 Å². The number of carbonyl (C=O) groups excluding carboxylic acids is 1. The minimum Gasteiger partial charge on any atom is -0.355 e. The molecule has 2 rings (SSSR count). The molecule has 0 aliphatic carbocycles. The van der Waals surface area contributed by atoms with Gasteiger partial charge >= 0.3 is 0 Å². The van der Waals surface area contributed by atoms with E-state index >= 15 is 0 Å². The summed E-state index contributed by atoms with van der Waals surface area (Å²) in [7, 11) is 0. The maximum absolute atomic E-state index is 11.1. The molecule has 0 radical (unpaired) electrons. The van der Waals surface area contributed by atoms with Crippen molar-refractivity contribution in [2.45, 2.75) is 32.6 Å². The highest BCUT2D eigenvalue weighted by molar-refractivity contribution is 7.16. The Balaban J connectivity index is 2.17. The van der Waals surface area contributed by atoms with Crippen LogP contribution in [0.4, 0.5) is 0 Å². The number of amides is 1. The first-order valence-electron chi connectivity index (χ1n) is 5.94. The van der Waals surface area contributed by atoms with Gasteiger partial charge in [0.25, 0.3) is 0 Å². The second-order valence-electron chi connectivity index (χ2n) is 5.52. The van der Waals surface area contributed by atoms with Gasteiger partial charge in [-0.05, 0) is 11.5 Å². The Morgan fingerprint density at radius 1 is 1.50 bits per heavy atom. The number of carbonyl (C=O) groups is 1. The van der Waals surface area contributed by atoms with Gasteiger partial charge in [-0.25, -0.2) is 0 Å². The third-order valence-corrected chi connectivity index (χ3v) is 4.60. The van der Waals surface area contributed by atoms with Gasteiger partial charge < -0.3 is 5.32 Å². The van der Waals surface area contributed by atoms with E-state index in [0.29, 0.717) is 13.0 Å². The zero-order valence-electron chi connectivity index (χ0n) is 10.8. The molecule has 2 heterocycles. The molecule has 1 atom stereocenters. The molecule has 0 spiro atoms. The van der Waals surface area contributed by atoms with Crippen molar-refractivity contribution in [3.05, 3.63) is 20.8 Å². The highest BCUT2D eigenvalue weighted by Crippen LogP contribution is 2.35. The van der Waals surface area contributed by atoms with Crippen molar-refractivity contribution in [1.82, 2.24) is 5.32 Å². The van der Waals surface area contributed by atoms with Gasteiger partial charge in [-0.1, -0.05) is 44.2 Å². The lowest BCUT2D eigenvalue weighted by Crippen LogP contribution is -2.13. The molecule has 1 aliphatic rings. The molecule has 1 amide bonds. The zero-order valence-corrected chi connectivity index (χ0v) is 12.3. The maximum Gasteiger partial charge on any atom is 0.221 e. The lowest BCUT2D eigenvalue weighted by atomic mass is 9.94. The van der Waals surface area contributed by atoms with Crippen molar-refractivity contribution in [2.24, 2.45) is 5.92 Å². The highest BCUT2D eigenvalue weighted by Gasteiger charge is 2.20. The third kappa shape index (κ3) is 3.07. The molecule has 2 nitrogen and oxygen atoms in total. The molecule has 1 unspecified atom stereocenters. The van der Waals surface area contributed by atoms with Crippen LogP contribution in [0.3, 0.4) is 0 Å². The van der Waals surface area contributed by atoms with Gasteiger partial charge in [-0.2, -0.15) is 0 Å². The normalized spacial score (nSPS) is 19.3. The minimum absolute atomic E-state index is 0.0843. The average molecular weight is 282 g/mol. The predicted molar refractivity (Wildman–Crippen MR) is 76.0 cm³/mol. The number of thiophene rings is 1. The lowest BCUT2D eigenvalue weighted by Gasteiger charge is -2.14. The molecule has 0 bridgehead atoms. The van der Waals surface area contributed by atoms with Gasteiger partial charge in [0.15, 0.2) is 0 Å². The fourth-order valence-corrected chi connectivity index (χ4v) is 2.96. The Labute approximate surface area is 117 Å². The van der Waals surface area contributed by atoms with E-state index < -0.39 is 0 Å². The molecule has 1 saturated heterocycles. The number of nitrogens with one attached hydrogen (secondary N) is 1. The molecule has 1 N–H and O–H groups in total. The SMILES string of the molecule is CC(C)(C)c1cc(C#CC2CNC(=O)C2)c(Cl)s1. The summed E-state index contributed by atoms with van der Waals surface area (Å²) in [5.41, 5.74) is 0.977. The van der Waals surface area contributed by atoms with Crippen LogP contribution in [0, 0.1) is 17.8 Å². The van der Waals surface area contributed by atoms with E-state index in [1.807, 2.05) is 0 Å². The Morgan fingerprint density at radius 3 is 2.72 bits per heavy atom. The van der Waals surface area contributed by atoms with Gasteiger partial charge in [0.2, 0.25) is 5.91 Å². The first kappa shape index (κ1) is 13.5. The predicted octanol–water partition coefficient (Wildman–Crippen LogP) is 3.19. The molecule has 96 valence electrons. The van der Waals surface area contributed by atoms with Crippen LogP contribution < -0.4 is 5.32 Å². The van der Waals surface area contributed by atoms with Crippen LogP contribution in [0.2, 0.25) is 4.34 Å². The molecule has 4 heteroatoms. The van der Waals surface area contributed by atoms with Crippen molar-refractivity contribution >= 4 is 28.8 Å². The van der Waals surface area contributed by atoms with Gasteiger partial charge in [0, 0.05) is 23.8 Å². The van der Waals surface area contributed by atoms with E-state index in [2.05, 4.69) is 44.0 Å². The van der Waals surface area contributed by atoms with Crippen LogP contribution in [-0.2, 0) is 10.2 Å². The van der Waals surface area contributed by atoms with Crippen molar-refractivity contribution in [3.8, 4) is 11.8 Å². The second-order valence-corrected chi connectivity index (χ2v) is 7.18. The van der Waals surface area contributed by atoms with Crippen LogP contribution in [-0.4, -0.2) is 12.5 Å². The number of rotatable bonds is 0. The van der Waals surface area contributed by atoms with Crippen LogP contribution in [0.25, 0.3) is 0 Å². The first-order chi connectivity index (χ1) is 8.36. The summed E-state index contributed by atoms with van der Waals surface area (Å²) >= 11 is 7.78. The molecule has 1 aromatic heterocycles. The Bertz CT molecular complexity index is 530. The first-order valence-corrected chi connectivity index (χ1v) is 7.14. The summed E-state index contributed by atoms with van der Waals surface area (Å²) < 4.78 is 0.740. The highest BCUT2D eigenvalue weighted by atomic mass is 35.5. The van der Waals surface area contributed by atoms with Crippen LogP contribution in [0.1, 0.15) is 37.6 Å². The zero-order chi connectivity index (χ0) is 13.3. The molecule has 1 fully saturated rings. The van der Waals surface area contributed by atoms with Gasteiger partial charge in [0.1, 0.15) is 4.34 Å².